The van der Waals surface area contributed by atoms with Crippen LogP contribution in [0.2, 0.25) is 0 Å². The fourth-order valence-corrected chi connectivity index (χ4v) is 1.69. The first-order chi connectivity index (χ1) is 9.04. The monoisotopic (exact) mass is 271 g/mol. The van der Waals surface area contributed by atoms with E-state index < -0.39 is 11.6 Å². The van der Waals surface area contributed by atoms with Crippen LogP contribution in [-0.4, -0.2) is 24.2 Å². The van der Waals surface area contributed by atoms with Gasteiger partial charge in [-0.2, -0.15) is 0 Å². The van der Waals surface area contributed by atoms with Gasteiger partial charge in [-0.3, -0.25) is 4.79 Å². The second kappa shape index (κ2) is 7.84. The van der Waals surface area contributed by atoms with Gasteiger partial charge >= 0.3 is 0 Å². The van der Waals surface area contributed by atoms with Crippen molar-refractivity contribution in [2.75, 3.05) is 13.2 Å². The molecule has 0 bridgehead atoms. The number of aliphatic hydroxyl groups excluding tert-OH is 1. The van der Waals surface area contributed by atoms with Gasteiger partial charge in [-0.15, -0.1) is 0 Å². The Morgan fingerprint density at radius 3 is 2.84 bits per heavy atom. The molecule has 0 saturated carbocycles. The highest BCUT2D eigenvalue weighted by Crippen LogP contribution is 2.13. The first-order valence-electron chi connectivity index (χ1n) is 6.35. The molecule has 5 heteroatoms. The molecule has 0 aliphatic rings. The molecule has 0 fully saturated rings. The summed E-state index contributed by atoms with van der Waals surface area (Å²) in [5, 5.41) is 11.4. The van der Waals surface area contributed by atoms with Gasteiger partial charge in [-0.05, 0) is 30.4 Å². The Balaban J connectivity index is 2.36. The van der Waals surface area contributed by atoms with Crippen molar-refractivity contribution < 1.29 is 18.7 Å². The van der Waals surface area contributed by atoms with Crippen LogP contribution in [0.25, 0.3) is 0 Å². The summed E-state index contributed by atoms with van der Waals surface area (Å²) in [5.41, 5.74) is 0.207. The lowest BCUT2D eigenvalue weighted by atomic mass is 10.1. The molecule has 0 aliphatic carbocycles. The molecule has 1 unspecified atom stereocenters. The summed E-state index contributed by atoms with van der Waals surface area (Å²) >= 11 is 0. The van der Waals surface area contributed by atoms with Gasteiger partial charge < -0.3 is 10.4 Å². The Bertz CT molecular complexity index is 424. The van der Waals surface area contributed by atoms with Crippen LogP contribution in [0.15, 0.2) is 18.2 Å². The molecule has 1 atom stereocenters. The van der Waals surface area contributed by atoms with Crippen LogP contribution in [0, 0.1) is 17.6 Å². The summed E-state index contributed by atoms with van der Waals surface area (Å²) in [6, 6.07) is 3.95. The molecule has 0 spiro atoms. The quantitative estimate of drug-likeness (QED) is 0.797. The molecule has 3 nitrogen and oxygen atoms in total. The Hall–Kier alpha value is -1.49. The molecule has 0 saturated heterocycles. The van der Waals surface area contributed by atoms with E-state index in [4.69, 9.17) is 5.11 Å². The summed E-state index contributed by atoms with van der Waals surface area (Å²) in [5.74, 6) is -1.79. The predicted molar refractivity (Wildman–Crippen MR) is 68.6 cm³/mol. The lowest BCUT2D eigenvalue weighted by Crippen LogP contribution is -2.28. The molecule has 1 rings (SSSR count). The first-order valence-corrected chi connectivity index (χ1v) is 6.35. The fraction of sp³-hybridized carbons (Fsp3) is 0.500. The third-order valence-electron chi connectivity index (χ3n) is 2.92. The third kappa shape index (κ3) is 5.34. The smallest absolute Gasteiger partial charge is 0.220 e. The maximum Gasteiger partial charge on any atom is 0.220 e. The molecule has 0 aromatic heterocycles. The zero-order chi connectivity index (χ0) is 14.3. The Labute approximate surface area is 111 Å². The van der Waals surface area contributed by atoms with Crippen LogP contribution in [0.5, 0.6) is 0 Å². The summed E-state index contributed by atoms with van der Waals surface area (Å²) in [7, 11) is 0. The van der Waals surface area contributed by atoms with Crippen molar-refractivity contribution in [3.05, 3.63) is 35.4 Å². The summed E-state index contributed by atoms with van der Waals surface area (Å²) in [6.45, 7) is 2.49. The van der Waals surface area contributed by atoms with Crippen molar-refractivity contribution in [2.24, 2.45) is 5.92 Å². The molecule has 0 heterocycles. The lowest BCUT2D eigenvalue weighted by molar-refractivity contribution is -0.121. The number of hydrogen-bond acceptors (Lipinski definition) is 2. The zero-order valence-corrected chi connectivity index (χ0v) is 11.0. The summed E-state index contributed by atoms with van der Waals surface area (Å²) in [4.78, 5) is 11.5. The molecule has 2 N–H and O–H groups in total. The highest BCUT2D eigenvalue weighted by Gasteiger charge is 2.10. The predicted octanol–water partition coefficient (Wildman–Crippen LogP) is 2.03. The number of hydrogen-bond donors (Lipinski definition) is 2. The first kappa shape index (κ1) is 15.6. The van der Waals surface area contributed by atoms with E-state index in [1.165, 1.54) is 12.1 Å². The minimum Gasteiger partial charge on any atom is -0.396 e. The minimum absolute atomic E-state index is 0.0888. The molecule has 0 aliphatic heterocycles. The number of carbonyl (C=O) groups excluding carboxylic acids is 1. The maximum absolute atomic E-state index is 13.3. The highest BCUT2D eigenvalue weighted by atomic mass is 19.2. The second-order valence-corrected chi connectivity index (χ2v) is 4.63. The molecular weight excluding hydrogens is 252 g/mol. The average molecular weight is 271 g/mol. The number of amides is 1. The molecule has 1 aromatic carbocycles. The normalized spacial score (nSPS) is 12.2. The minimum atomic E-state index is -0.894. The molecule has 106 valence electrons. The van der Waals surface area contributed by atoms with Crippen LogP contribution in [0.4, 0.5) is 8.78 Å². The topological polar surface area (TPSA) is 49.3 Å². The van der Waals surface area contributed by atoms with E-state index in [-0.39, 0.29) is 36.8 Å². The van der Waals surface area contributed by atoms with Crippen LogP contribution >= 0.6 is 0 Å². The van der Waals surface area contributed by atoms with Crippen LogP contribution in [0.3, 0.4) is 0 Å². The third-order valence-corrected chi connectivity index (χ3v) is 2.92. The number of rotatable bonds is 7. The van der Waals surface area contributed by atoms with Crippen molar-refractivity contribution in [3.63, 3.8) is 0 Å². The number of aryl methyl sites for hydroxylation is 1. The van der Waals surface area contributed by atoms with Crippen molar-refractivity contribution in [2.45, 2.75) is 26.2 Å². The Morgan fingerprint density at radius 2 is 2.16 bits per heavy atom. The number of aliphatic hydroxyl groups is 1. The van der Waals surface area contributed by atoms with Crippen molar-refractivity contribution in [1.82, 2.24) is 5.32 Å². The SMILES string of the molecule is CC(CCO)CNC(=O)CCc1cccc(F)c1F. The van der Waals surface area contributed by atoms with Crippen molar-refractivity contribution in [3.8, 4) is 0 Å². The Kier molecular flexibility index (Phi) is 6.42. The standard InChI is InChI=1S/C14H19F2NO2/c1-10(7-8-18)9-17-13(19)6-5-11-3-2-4-12(15)14(11)16/h2-4,10,18H,5-9H2,1H3,(H,17,19). The van der Waals surface area contributed by atoms with E-state index in [0.29, 0.717) is 13.0 Å². The largest absolute Gasteiger partial charge is 0.396 e. The van der Waals surface area contributed by atoms with Gasteiger partial charge in [0.05, 0.1) is 0 Å². The number of carbonyl (C=O) groups is 1. The van der Waals surface area contributed by atoms with E-state index in [9.17, 15) is 13.6 Å². The lowest BCUT2D eigenvalue weighted by Gasteiger charge is -2.11. The van der Waals surface area contributed by atoms with Gasteiger partial charge in [0.2, 0.25) is 5.91 Å². The molecule has 1 amide bonds. The fourth-order valence-electron chi connectivity index (χ4n) is 1.69. The van der Waals surface area contributed by atoms with Gasteiger partial charge in [0, 0.05) is 19.6 Å². The van der Waals surface area contributed by atoms with Gasteiger partial charge in [0.1, 0.15) is 0 Å². The van der Waals surface area contributed by atoms with E-state index in [0.717, 1.165) is 6.07 Å². The van der Waals surface area contributed by atoms with Crippen LogP contribution in [0.1, 0.15) is 25.3 Å². The van der Waals surface area contributed by atoms with Crippen LogP contribution in [-0.2, 0) is 11.2 Å². The average Bonchev–Trinajstić information content (AvgIpc) is 2.38. The van der Waals surface area contributed by atoms with Gasteiger partial charge in [0.25, 0.3) is 0 Å². The van der Waals surface area contributed by atoms with E-state index in [1.54, 1.807) is 0 Å². The second-order valence-electron chi connectivity index (χ2n) is 4.63. The van der Waals surface area contributed by atoms with Crippen molar-refractivity contribution in [1.29, 1.82) is 0 Å². The van der Waals surface area contributed by atoms with Crippen molar-refractivity contribution >= 4 is 5.91 Å². The number of benzene rings is 1. The van der Waals surface area contributed by atoms with Gasteiger partial charge in [0.15, 0.2) is 11.6 Å². The maximum atomic E-state index is 13.3. The number of halogens is 2. The Morgan fingerprint density at radius 1 is 1.42 bits per heavy atom. The summed E-state index contributed by atoms with van der Waals surface area (Å²) in [6.07, 6.45) is 0.912. The molecular formula is C14H19F2NO2. The molecule has 0 radical (unpaired) electrons. The summed E-state index contributed by atoms with van der Waals surface area (Å²) < 4.78 is 26.3. The van der Waals surface area contributed by atoms with E-state index >= 15 is 0 Å². The van der Waals surface area contributed by atoms with E-state index in [2.05, 4.69) is 5.32 Å². The molecule has 1 aromatic rings. The van der Waals surface area contributed by atoms with E-state index in [1.807, 2.05) is 6.92 Å². The molecule has 19 heavy (non-hydrogen) atoms. The van der Waals surface area contributed by atoms with Gasteiger partial charge in [-0.25, -0.2) is 8.78 Å². The van der Waals surface area contributed by atoms with Crippen LogP contribution < -0.4 is 5.32 Å². The highest BCUT2D eigenvalue weighted by molar-refractivity contribution is 5.76. The zero-order valence-electron chi connectivity index (χ0n) is 11.0. The number of nitrogens with one attached hydrogen (secondary N) is 1. The van der Waals surface area contributed by atoms with Gasteiger partial charge in [-0.1, -0.05) is 19.1 Å².